The summed E-state index contributed by atoms with van der Waals surface area (Å²) in [5.74, 6) is -0.449. The number of aldehydes is 1. The number of nitrogens with two attached hydrogens (primary N) is 1. The summed E-state index contributed by atoms with van der Waals surface area (Å²) >= 11 is 0. The highest BCUT2D eigenvalue weighted by molar-refractivity contribution is 6.07. The van der Waals surface area contributed by atoms with Crippen LogP contribution in [0.2, 0.25) is 0 Å². The van der Waals surface area contributed by atoms with Crippen LogP contribution in [0.15, 0.2) is 91.1 Å². The fourth-order valence-electron chi connectivity index (χ4n) is 4.95. The molecular formula is C35H37N3O5. The summed E-state index contributed by atoms with van der Waals surface area (Å²) in [6, 6.07) is 26.1. The lowest BCUT2D eigenvalue weighted by atomic mass is 9.95. The Balaban J connectivity index is 0.000000172. The van der Waals surface area contributed by atoms with Crippen molar-refractivity contribution in [1.82, 2.24) is 9.97 Å². The maximum atomic E-state index is 11.9. The van der Waals surface area contributed by atoms with Crippen LogP contribution in [-0.4, -0.2) is 47.8 Å². The lowest BCUT2D eigenvalue weighted by molar-refractivity contribution is -0.220. The molecule has 1 unspecified atom stereocenters. The van der Waals surface area contributed by atoms with Gasteiger partial charge >= 0.3 is 5.97 Å². The van der Waals surface area contributed by atoms with Crippen LogP contribution >= 0.6 is 0 Å². The van der Waals surface area contributed by atoms with Gasteiger partial charge in [-0.15, -0.1) is 0 Å². The molecule has 1 aliphatic heterocycles. The summed E-state index contributed by atoms with van der Waals surface area (Å²) in [7, 11) is 0. The van der Waals surface area contributed by atoms with E-state index in [-0.39, 0.29) is 18.3 Å². The van der Waals surface area contributed by atoms with E-state index in [4.69, 9.17) is 19.9 Å². The third-order valence-corrected chi connectivity index (χ3v) is 7.26. The molecule has 0 amide bonds. The average molecular weight is 580 g/mol. The topological polar surface area (TPSA) is 117 Å². The maximum absolute atomic E-state index is 11.9. The fourth-order valence-corrected chi connectivity index (χ4v) is 4.95. The van der Waals surface area contributed by atoms with Gasteiger partial charge in [-0.1, -0.05) is 80.6 Å². The standard InChI is InChI=1S/C18H20N2O2.C17H17NO3/c1-18(2)10-21-16(22-11-18)9-15-17-13(7-8-19-15)12-5-3-4-6-14(12)20-17;18-16(10-14-7-4-8-15(9-14)11-19)17(20)21-12-13-5-2-1-3-6-13/h3-8,16,20H,9-11H2,1-2H3;1-9,11,16H,10,12,18H2. The van der Waals surface area contributed by atoms with E-state index >= 15 is 0 Å². The summed E-state index contributed by atoms with van der Waals surface area (Å²) in [4.78, 5) is 30.6. The highest BCUT2D eigenvalue weighted by Crippen LogP contribution is 2.29. The van der Waals surface area contributed by atoms with Crippen molar-refractivity contribution in [2.75, 3.05) is 13.2 Å². The third-order valence-electron chi connectivity index (χ3n) is 7.26. The molecular weight excluding hydrogens is 542 g/mol. The zero-order valence-corrected chi connectivity index (χ0v) is 24.5. The molecule has 0 bridgehead atoms. The number of benzene rings is 3. The molecule has 5 aromatic rings. The second kappa shape index (κ2) is 13.7. The molecule has 2 aromatic heterocycles. The summed E-state index contributed by atoms with van der Waals surface area (Å²) in [6.07, 6.45) is 3.43. The van der Waals surface area contributed by atoms with E-state index in [0.717, 1.165) is 47.4 Å². The quantitative estimate of drug-likeness (QED) is 0.177. The van der Waals surface area contributed by atoms with Gasteiger partial charge < -0.3 is 24.9 Å². The Labute approximate surface area is 251 Å². The first-order valence-corrected chi connectivity index (χ1v) is 14.4. The first-order chi connectivity index (χ1) is 20.8. The van der Waals surface area contributed by atoms with E-state index in [2.05, 4.69) is 48.1 Å². The number of hydrogen-bond donors (Lipinski definition) is 2. The van der Waals surface area contributed by atoms with Crippen molar-refractivity contribution < 1.29 is 23.8 Å². The predicted octanol–water partition coefficient (Wildman–Crippen LogP) is 5.77. The Morgan fingerprint density at radius 1 is 1.00 bits per heavy atom. The number of aromatic nitrogens is 2. The van der Waals surface area contributed by atoms with Gasteiger partial charge in [0.15, 0.2) is 6.29 Å². The second-order valence-electron chi connectivity index (χ2n) is 11.5. The van der Waals surface area contributed by atoms with Crippen LogP contribution < -0.4 is 5.73 Å². The number of fused-ring (bicyclic) bond motifs is 3. The zero-order valence-electron chi connectivity index (χ0n) is 24.5. The van der Waals surface area contributed by atoms with Crippen molar-refractivity contribution in [3.05, 3.63) is 114 Å². The third kappa shape index (κ3) is 7.93. The smallest absolute Gasteiger partial charge is 0.323 e. The maximum Gasteiger partial charge on any atom is 0.323 e. The Morgan fingerprint density at radius 2 is 1.72 bits per heavy atom. The van der Waals surface area contributed by atoms with Crippen molar-refractivity contribution in [2.45, 2.75) is 45.6 Å². The normalized spacial score (nSPS) is 15.4. The van der Waals surface area contributed by atoms with E-state index in [0.29, 0.717) is 18.4 Å². The van der Waals surface area contributed by atoms with Crippen molar-refractivity contribution in [3.8, 4) is 0 Å². The van der Waals surface area contributed by atoms with Crippen LogP contribution in [0.25, 0.3) is 21.8 Å². The van der Waals surface area contributed by atoms with E-state index in [1.165, 1.54) is 10.8 Å². The van der Waals surface area contributed by atoms with Gasteiger partial charge in [-0.3, -0.25) is 14.6 Å². The Bertz CT molecular complexity index is 1670. The van der Waals surface area contributed by atoms with Crippen LogP contribution in [0.1, 0.15) is 41.0 Å². The van der Waals surface area contributed by atoms with Gasteiger partial charge in [-0.2, -0.15) is 0 Å². The van der Waals surface area contributed by atoms with Gasteiger partial charge in [0.05, 0.1) is 24.4 Å². The molecule has 1 saturated heterocycles. The lowest BCUT2D eigenvalue weighted by Crippen LogP contribution is -2.38. The first-order valence-electron chi connectivity index (χ1n) is 14.4. The van der Waals surface area contributed by atoms with Gasteiger partial charge in [0, 0.05) is 39.9 Å². The van der Waals surface area contributed by atoms with E-state index < -0.39 is 12.0 Å². The van der Waals surface area contributed by atoms with Gasteiger partial charge in [0.2, 0.25) is 0 Å². The molecule has 6 rings (SSSR count). The molecule has 43 heavy (non-hydrogen) atoms. The summed E-state index contributed by atoms with van der Waals surface area (Å²) in [6.45, 7) is 5.96. The number of hydrogen-bond acceptors (Lipinski definition) is 7. The van der Waals surface area contributed by atoms with Gasteiger partial charge in [0.1, 0.15) is 18.9 Å². The van der Waals surface area contributed by atoms with Gasteiger partial charge in [0.25, 0.3) is 0 Å². The summed E-state index contributed by atoms with van der Waals surface area (Å²) in [5.41, 5.74) is 11.5. The highest BCUT2D eigenvalue weighted by Gasteiger charge is 2.29. The summed E-state index contributed by atoms with van der Waals surface area (Å²) in [5, 5.41) is 2.43. The molecule has 0 aliphatic carbocycles. The molecule has 3 N–H and O–H groups in total. The molecule has 8 nitrogen and oxygen atoms in total. The predicted molar refractivity (Wildman–Crippen MR) is 167 cm³/mol. The van der Waals surface area contributed by atoms with Crippen LogP contribution in [0, 0.1) is 5.41 Å². The Morgan fingerprint density at radius 3 is 2.49 bits per heavy atom. The Hall–Kier alpha value is -4.37. The number of esters is 1. The number of carbonyl (C=O) groups excluding carboxylic acids is 2. The number of nitrogens with one attached hydrogen (secondary N) is 1. The SMILES string of the molecule is CC1(C)COC(Cc2nccc3c2[nH]c2ccccc23)OC1.NC(Cc1cccc(C=O)c1)C(=O)OCc1ccccc1. The van der Waals surface area contributed by atoms with E-state index in [1.54, 1.807) is 18.2 Å². The highest BCUT2D eigenvalue weighted by atomic mass is 16.7. The number of H-pyrrole nitrogens is 1. The van der Waals surface area contributed by atoms with Gasteiger partial charge in [-0.25, -0.2) is 0 Å². The number of carbonyl (C=O) groups is 2. The molecule has 0 radical (unpaired) electrons. The molecule has 222 valence electrons. The lowest BCUT2D eigenvalue weighted by Gasteiger charge is -2.34. The number of nitrogens with zero attached hydrogens (tertiary/aromatic N) is 1. The van der Waals surface area contributed by atoms with Crippen LogP contribution in [0.3, 0.4) is 0 Å². The van der Waals surface area contributed by atoms with Crippen molar-refractivity contribution in [2.24, 2.45) is 11.1 Å². The number of rotatable bonds is 8. The zero-order chi connectivity index (χ0) is 30.2. The monoisotopic (exact) mass is 579 g/mol. The average Bonchev–Trinajstić information content (AvgIpc) is 3.41. The van der Waals surface area contributed by atoms with Gasteiger partial charge in [-0.05, 0) is 35.7 Å². The van der Waals surface area contributed by atoms with Crippen LogP contribution in [0.4, 0.5) is 0 Å². The molecule has 1 aliphatic rings. The minimum Gasteiger partial charge on any atom is -0.460 e. The number of aromatic amines is 1. The number of para-hydroxylation sites is 1. The molecule has 3 heterocycles. The largest absolute Gasteiger partial charge is 0.460 e. The minimum atomic E-state index is -0.740. The van der Waals surface area contributed by atoms with Crippen LogP contribution in [-0.2, 0) is 38.5 Å². The Kier molecular flexibility index (Phi) is 9.61. The van der Waals surface area contributed by atoms with Crippen molar-refractivity contribution >= 4 is 34.1 Å². The minimum absolute atomic E-state index is 0.0943. The van der Waals surface area contributed by atoms with E-state index in [9.17, 15) is 9.59 Å². The first kappa shape index (κ1) is 30.1. The number of ether oxygens (including phenoxy) is 3. The molecule has 0 spiro atoms. The van der Waals surface area contributed by atoms with Crippen LogP contribution in [0.5, 0.6) is 0 Å². The molecule has 1 fully saturated rings. The molecule has 3 aromatic carbocycles. The van der Waals surface area contributed by atoms with Crippen molar-refractivity contribution in [3.63, 3.8) is 0 Å². The summed E-state index contributed by atoms with van der Waals surface area (Å²) < 4.78 is 16.9. The van der Waals surface area contributed by atoms with Crippen molar-refractivity contribution in [1.29, 1.82) is 0 Å². The number of pyridine rings is 1. The molecule has 0 saturated carbocycles. The molecule has 1 atom stereocenters. The second-order valence-corrected chi connectivity index (χ2v) is 11.5. The molecule has 8 heteroatoms. The fraction of sp³-hybridized carbons (Fsp3) is 0.286. The van der Waals surface area contributed by atoms with E-state index in [1.807, 2.05) is 48.7 Å².